The lowest BCUT2D eigenvalue weighted by Gasteiger charge is -2.28. The zero-order chi connectivity index (χ0) is 17.2. The van der Waals surface area contributed by atoms with Gasteiger partial charge >= 0.3 is 0 Å². The summed E-state index contributed by atoms with van der Waals surface area (Å²) >= 11 is 0. The van der Waals surface area contributed by atoms with Gasteiger partial charge in [0.25, 0.3) is 0 Å². The van der Waals surface area contributed by atoms with Crippen molar-refractivity contribution in [2.24, 2.45) is 17.8 Å². The molecule has 1 aliphatic carbocycles. The highest BCUT2D eigenvalue weighted by molar-refractivity contribution is 5.20. The summed E-state index contributed by atoms with van der Waals surface area (Å²) in [5.74, 6) is 3.59. The van der Waals surface area contributed by atoms with E-state index in [1.54, 1.807) is 5.57 Å². The molecule has 0 spiro atoms. The predicted octanol–water partition coefficient (Wildman–Crippen LogP) is 7.03. The molecule has 0 heterocycles. The summed E-state index contributed by atoms with van der Waals surface area (Å²) in [7, 11) is 0. The summed E-state index contributed by atoms with van der Waals surface area (Å²) in [6, 6.07) is 10.2. The van der Waals surface area contributed by atoms with Crippen LogP contribution in [-0.4, -0.2) is 6.61 Å². The minimum absolute atomic E-state index is 0.772. The van der Waals surface area contributed by atoms with E-state index >= 15 is 0 Å². The Bertz CT molecular complexity index is 476. The van der Waals surface area contributed by atoms with E-state index in [-0.39, 0.29) is 0 Å². The molecule has 3 atom stereocenters. The van der Waals surface area contributed by atoms with Crippen molar-refractivity contribution in [3.8, 4) is 5.75 Å². The molecule has 2 rings (SSSR count). The smallest absolute Gasteiger partial charge is 0.119 e. The van der Waals surface area contributed by atoms with E-state index in [1.807, 2.05) is 30.3 Å². The van der Waals surface area contributed by atoms with Crippen molar-refractivity contribution >= 4 is 0 Å². The maximum absolute atomic E-state index is 5.84. The number of para-hydroxylation sites is 1. The average molecular weight is 329 g/mol. The summed E-state index contributed by atoms with van der Waals surface area (Å²) in [5, 5.41) is 0. The van der Waals surface area contributed by atoms with Crippen LogP contribution < -0.4 is 4.74 Å². The first-order chi connectivity index (χ1) is 11.7. The van der Waals surface area contributed by atoms with Gasteiger partial charge in [0.2, 0.25) is 0 Å². The Hall–Kier alpha value is -1.24. The van der Waals surface area contributed by atoms with Crippen LogP contribution >= 0.6 is 0 Å². The van der Waals surface area contributed by atoms with E-state index in [0.29, 0.717) is 0 Å². The van der Waals surface area contributed by atoms with Crippen molar-refractivity contribution in [2.75, 3.05) is 6.61 Å². The van der Waals surface area contributed by atoms with Crippen LogP contribution in [0.2, 0.25) is 0 Å². The van der Waals surface area contributed by atoms with Crippen molar-refractivity contribution in [3.05, 3.63) is 42.0 Å². The molecule has 0 fully saturated rings. The largest absolute Gasteiger partial charge is 0.494 e. The van der Waals surface area contributed by atoms with Crippen molar-refractivity contribution in [1.82, 2.24) is 0 Å². The van der Waals surface area contributed by atoms with Gasteiger partial charge in [0, 0.05) is 0 Å². The minimum atomic E-state index is 0.772. The van der Waals surface area contributed by atoms with E-state index in [0.717, 1.165) is 36.5 Å². The third-order valence-electron chi connectivity index (χ3n) is 5.71. The Morgan fingerprint density at radius 1 is 1.12 bits per heavy atom. The SMILES string of the molecule is CCC(C)CC1CC=C(C(CC)CCCOc2ccccc2)CC1. The molecular weight excluding hydrogens is 292 g/mol. The molecule has 0 saturated heterocycles. The molecular formula is C23H36O. The van der Waals surface area contributed by atoms with Gasteiger partial charge in [0.15, 0.2) is 0 Å². The molecule has 24 heavy (non-hydrogen) atoms. The molecule has 0 aliphatic heterocycles. The lowest BCUT2D eigenvalue weighted by Crippen LogP contribution is -2.14. The Balaban J connectivity index is 1.71. The third kappa shape index (κ3) is 6.34. The summed E-state index contributed by atoms with van der Waals surface area (Å²) < 4.78 is 5.84. The van der Waals surface area contributed by atoms with E-state index in [9.17, 15) is 0 Å². The topological polar surface area (TPSA) is 9.23 Å². The summed E-state index contributed by atoms with van der Waals surface area (Å²) in [5.41, 5.74) is 1.73. The lowest BCUT2D eigenvalue weighted by atomic mass is 9.78. The van der Waals surface area contributed by atoms with Gasteiger partial charge in [-0.2, -0.15) is 0 Å². The first kappa shape index (κ1) is 19.1. The van der Waals surface area contributed by atoms with Gasteiger partial charge < -0.3 is 4.74 Å². The van der Waals surface area contributed by atoms with Crippen LogP contribution in [0.5, 0.6) is 5.75 Å². The van der Waals surface area contributed by atoms with Gasteiger partial charge in [0.1, 0.15) is 5.75 Å². The molecule has 134 valence electrons. The van der Waals surface area contributed by atoms with E-state index < -0.39 is 0 Å². The van der Waals surface area contributed by atoms with Gasteiger partial charge in [-0.1, -0.05) is 57.0 Å². The van der Waals surface area contributed by atoms with Crippen LogP contribution in [0.15, 0.2) is 42.0 Å². The fourth-order valence-electron chi connectivity index (χ4n) is 3.92. The quantitative estimate of drug-likeness (QED) is 0.331. The normalized spacial score (nSPS) is 20.3. The van der Waals surface area contributed by atoms with E-state index in [4.69, 9.17) is 4.74 Å². The second kappa shape index (κ2) is 10.6. The highest BCUT2D eigenvalue weighted by Gasteiger charge is 2.20. The van der Waals surface area contributed by atoms with Gasteiger partial charge in [-0.3, -0.25) is 0 Å². The number of benzene rings is 1. The summed E-state index contributed by atoms with van der Waals surface area (Å²) in [6.07, 6.45) is 13.1. The number of hydrogen-bond acceptors (Lipinski definition) is 1. The highest BCUT2D eigenvalue weighted by Crippen LogP contribution is 2.35. The first-order valence-electron chi connectivity index (χ1n) is 10.1. The fourth-order valence-corrected chi connectivity index (χ4v) is 3.92. The molecule has 0 amide bonds. The molecule has 0 saturated carbocycles. The molecule has 0 N–H and O–H groups in total. The van der Waals surface area contributed by atoms with Crippen LogP contribution in [0.25, 0.3) is 0 Å². The third-order valence-corrected chi connectivity index (χ3v) is 5.71. The molecule has 1 aromatic rings. The Morgan fingerprint density at radius 3 is 2.54 bits per heavy atom. The van der Waals surface area contributed by atoms with Crippen LogP contribution in [-0.2, 0) is 0 Å². The maximum Gasteiger partial charge on any atom is 0.119 e. The van der Waals surface area contributed by atoms with Crippen molar-refractivity contribution < 1.29 is 4.74 Å². The summed E-state index contributed by atoms with van der Waals surface area (Å²) in [6.45, 7) is 7.90. The second-order valence-corrected chi connectivity index (χ2v) is 7.58. The molecule has 0 bridgehead atoms. The summed E-state index contributed by atoms with van der Waals surface area (Å²) in [4.78, 5) is 0. The van der Waals surface area contributed by atoms with Crippen molar-refractivity contribution in [1.29, 1.82) is 0 Å². The highest BCUT2D eigenvalue weighted by atomic mass is 16.5. The predicted molar refractivity (Wildman–Crippen MR) is 104 cm³/mol. The zero-order valence-electron chi connectivity index (χ0n) is 16.0. The molecule has 1 nitrogen and oxygen atoms in total. The Labute approximate surface area is 149 Å². The number of hydrogen-bond donors (Lipinski definition) is 0. The Morgan fingerprint density at radius 2 is 1.92 bits per heavy atom. The van der Waals surface area contributed by atoms with Gasteiger partial charge in [0.05, 0.1) is 6.61 Å². The molecule has 1 heteroatoms. The van der Waals surface area contributed by atoms with Crippen LogP contribution in [0.3, 0.4) is 0 Å². The van der Waals surface area contributed by atoms with E-state index in [1.165, 1.54) is 44.9 Å². The van der Waals surface area contributed by atoms with Crippen molar-refractivity contribution in [3.63, 3.8) is 0 Å². The first-order valence-corrected chi connectivity index (χ1v) is 10.1. The molecule has 1 aromatic carbocycles. The molecule has 0 aromatic heterocycles. The van der Waals surface area contributed by atoms with Gasteiger partial charge in [-0.25, -0.2) is 0 Å². The number of ether oxygens (including phenoxy) is 1. The van der Waals surface area contributed by atoms with Crippen LogP contribution in [0.1, 0.15) is 72.1 Å². The monoisotopic (exact) mass is 328 g/mol. The van der Waals surface area contributed by atoms with Crippen LogP contribution in [0.4, 0.5) is 0 Å². The van der Waals surface area contributed by atoms with E-state index in [2.05, 4.69) is 26.8 Å². The van der Waals surface area contributed by atoms with Crippen molar-refractivity contribution in [2.45, 2.75) is 72.1 Å². The van der Waals surface area contributed by atoms with Crippen LogP contribution in [0, 0.1) is 17.8 Å². The minimum Gasteiger partial charge on any atom is -0.494 e. The molecule has 1 aliphatic rings. The van der Waals surface area contributed by atoms with Gasteiger partial charge in [-0.15, -0.1) is 0 Å². The molecule has 0 radical (unpaired) electrons. The number of allylic oxidation sites excluding steroid dienone is 2. The standard InChI is InChI=1S/C23H36O/c1-4-19(3)18-20-13-15-22(16-14-20)21(5-2)10-9-17-24-23-11-7-6-8-12-23/h6-8,11-12,15,19-21H,4-5,9-10,13-14,16-18H2,1-3H3. The number of rotatable bonds is 10. The average Bonchev–Trinajstić information content (AvgIpc) is 2.63. The lowest BCUT2D eigenvalue weighted by molar-refractivity contribution is 0.292. The second-order valence-electron chi connectivity index (χ2n) is 7.58. The Kier molecular flexibility index (Phi) is 8.42. The maximum atomic E-state index is 5.84. The van der Waals surface area contributed by atoms with Gasteiger partial charge in [-0.05, 0) is 74.8 Å². The molecule has 3 unspecified atom stereocenters. The fraction of sp³-hybridized carbons (Fsp3) is 0.652. The zero-order valence-corrected chi connectivity index (χ0v) is 16.0.